The summed E-state index contributed by atoms with van der Waals surface area (Å²) in [6.45, 7) is 4.63. The quantitative estimate of drug-likeness (QED) is 0.764. The van der Waals surface area contributed by atoms with Crippen LogP contribution in [0.3, 0.4) is 0 Å². The van der Waals surface area contributed by atoms with E-state index in [1.165, 1.54) is 16.7 Å². The molecule has 1 heterocycles. The molecular weight excluding hydrogens is 190 g/mol. The van der Waals surface area contributed by atoms with E-state index >= 15 is 0 Å². The van der Waals surface area contributed by atoms with E-state index in [9.17, 15) is 4.79 Å². The van der Waals surface area contributed by atoms with Crippen molar-refractivity contribution in [2.45, 2.75) is 26.3 Å². The maximum Gasteiger partial charge on any atom is 0.407 e. The zero-order valence-electron chi connectivity index (χ0n) is 9.04. The van der Waals surface area contributed by atoms with Crippen LogP contribution in [0.2, 0.25) is 0 Å². The molecule has 1 fully saturated rings. The molecule has 1 atom stereocenters. The van der Waals surface area contributed by atoms with E-state index < -0.39 is 0 Å². The van der Waals surface area contributed by atoms with Gasteiger partial charge in [-0.15, -0.1) is 0 Å². The second-order valence-electron chi connectivity index (χ2n) is 3.98. The Balaban J connectivity index is 2.27. The van der Waals surface area contributed by atoms with E-state index in [1.807, 2.05) is 0 Å². The molecule has 1 aromatic rings. The van der Waals surface area contributed by atoms with Crippen molar-refractivity contribution in [3.8, 4) is 0 Å². The van der Waals surface area contributed by atoms with Crippen LogP contribution in [0.25, 0.3) is 0 Å². The summed E-state index contributed by atoms with van der Waals surface area (Å²) in [6, 6.07) is 6.41. The second-order valence-corrected chi connectivity index (χ2v) is 3.98. The van der Waals surface area contributed by atoms with Crippen LogP contribution in [0.4, 0.5) is 4.79 Å². The average molecular weight is 205 g/mol. The normalized spacial score (nSPS) is 20.7. The fourth-order valence-electron chi connectivity index (χ4n) is 1.89. The number of rotatable bonds is 1. The number of benzene rings is 1. The van der Waals surface area contributed by atoms with Crippen molar-refractivity contribution in [2.75, 3.05) is 6.61 Å². The van der Waals surface area contributed by atoms with Crippen molar-refractivity contribution in [1.29, 1.82) is 0 Å². The Bertz CT molecular complexity index is 387. The Hall–Kier alpha value is -1.51. The van der Waals surface area contributed by atoms with E-state index in [4.69, 9.17) is 4.74 Å². The molecule has 3 nitrogen and oxygen atoms in total. The van der Waals surface area contributed by atoms with Crippen molar-refractivity contribution in [3.05, 3.63) is 34.9 Å². The topological polar surface area (TPSA) is 38.3 Å². The number of amides is 1. The highest BCUT2D eigenvalue weighted by Gasteiger charge is 2.21. The Labute approximate surface area is 89.4 Å². The average Bonchev–Trinajstić information content (AvgIpc) is 2.22. The number of nitrogens with one attached hydrogen (secondary N) is 1. The number of hydrogen-bond acceptors (Lipinski definition) is 2. The molecule has 3 heteroatoms. The molecule has 0 saturated carbocycles. The monoisotopic (exact) mass is 205 g/mol. The molecule has 1 amide bonds. The third kappa shape index (κ3) is 2.12. The summed E-state index contributed by atoms with van der Waals surface area (Å²) in [7, 11) is 0. The molecule has 0 spiro atoms. The molecule has 1 N–H and O–H groups in total. The molecule has 0 unspecified atom stereocenters. The summed E-state index contributed by atoms with van der Waals surface area (Å²) in [5.41, 5.74) is 3.63. The highest BCUT2D eigenvalue weighted by atomic mass is 16.5. The molecule has 0 bridgehead atoms. The number of aryl methyl sites for hydroxylation is 2. The lowest BCUT2D eigenvalue weighted by Gasteiger charge is -2.25. The van der Waals surface area contributed by atoms with Crippen LogP contribution in [-0.4, -0.2) is 12.7 Å². The zero-order chi connectivity index (χ0) is 10.8. The van der Waals surface area contributed by atoms with Gasteiger partial charge in [-0.3, -0.25) is 0 Å². The number of hydrogen-bond donors (Lipinski definition) is 1. The van der Waals surface area contributed by atoms with Gasteiger partial charge in [0.15, 0.2) is 0 Å². The van der Waals surface area contributed by atoms with Gasteiger partial charge in [0.2, 0.25) is 0 Å². The summed E-state index contributed by atoms with van der Waals surface area (Å²) in [4.78, 5) is 11.1. The molecule has 80 valence electrons. The van der Waals surface area contributed by atoms with Gasteiger partial charge in [0, 0.05) is 6.42 Å². The molecule has 0 radical (unpaired) electrons. The van der Waals surface area contributed by atoms with Gasteiger partial charge in [-0.25, -0.2) is 4.79 Å². The minimum Gasteiger partial charge on any atom is -0.449 e. The van der Waals surface area contributed by atoms with E-state index in [2.05, 4.69) is 37.4 Å². The van der Waals surface area contributed by atoms with Crippen LogP contribution in [-0.2, 0) is 4.74 Å². The van der Waals surface area contributed by atoms with Gasteiger partial charge in [-0.2, -0.15) is 0 Å². The smallest absolute Gasteiger partial charge is 0.407 e. The molecule has 1 aliphatic rings. The lowest BCUT2D eigenvalue weighted by atomic mass is 9.96. The SMILES string of the molecule is Cc1ccc(C)c([C@H]2CCOC(=O)N2)c1. The molecule has 15 heavy (non-hydrogen) atoms. The Kier molecular flexibility index (Phi) is 2.62. The summed E-state index contributed by atoms with van der Waals surface area (Å²) in [6.07, 6.45) is 0.530. The number of carbonyl (C=O) groups excluding carboxylic acids is 1. The summed E-state index contributed by atoms with van der Waals surface area (Å²) in [5.74, 6) is 0. The van der Waals surface area contributed by atoms with E-state index in [0.29, 0.717) is 6.61 Å². The first-order valence-corrected chi connectivity index (χ1v) is 5.17. The molecule has 1 aromatic carbocycles. The molecule has 0 aliphatic carbocycles. The minimum absolute atomic E-state index is 0.103. The molecule has 0 aromatic heterocycles. The van der Waals surface area contributed by atoms with Gasteiger partial charge in [0.05, 0.1) is 12.6 Å². The summed E-state index contributed by atoms with van der Waals surface area (Å²) >= 11 is 0. The predicted molar refractivity (Wildman–Crippen MR) is 57.8 cm³/mol. The molecular formula is C12H15NO2. The van der Waals surface area contributed by atoms with Gasteiger partial charge in [-0.1, -0.05) is 23.8 Å². The van der Waals surface area contributed by atoms with Crippen LogP contribution in [0.1, 0.15) is 29.2 Å². The molecule has 1 saturated heterocycles. The number of cyclic esters (lactones) is 1. The van der Waals surface area contributed by atoms with Gasteiger partial charge in [-0.05, 0) is 25.0 Å². The number of carbonyl (C=O) groups is 1. The van der Waals surface area contributed by atoms with Crippen molar-refractivity contribution < 1.29 is 9.53 Å². The first kappa shape index (κ1) is 10.0. The van der Waals surface area contributed by atoms with Gasteiger partial charge in [0.1, 0.15) is 0 Å². The number of ether oxygens (including phenoxy) is 1. The maximum atomic E-state index is 11.1. The highest BCUT2D eigenvalue weighted by Crippen LogP contribution is 2.24. The lowest BCUT2D eigenvalue weighted by Crippen LogP contribution is -2.35. The van der Waals surface area contributed by atoms with Gasteiger partial charge < -0.3 is 10.1 Å². The van der Waals surface area contributed by atoms with Crippen molar-refractivity contribution in [2.24, 2.45) is 0 Å². The zero-order valence-corrected chi connectivity index (χ0v) is 9.04. The standard InChI is InChI=1S/C12H15NO2/c1-8-3-4-9(2)10(7-8)11-5-6-15-12(14)13-11/h3-4,7,11H,5-6H2,1-2H3,(H,13,14)/t11-/m1/s1. The van der Waals surface area contributed by atoms with Crippen molar-refractivity contribution in [1.82, 2.24) is 5.32 Å². The first-order valence-electron chi connectivity index (χ1n) is 5.17. The van der Waals surface area contributed by atoms with Crippen LogP contribution in [0.15, 0.2) is 18.2 Å². The summed E-state index contributed by atoms with van der Waals surface area (Å²) in [5, 5.41) is 2.84. The Morgan fingerprint density at radius 2 is 2.20 bits per heavy atom. The molecule has 2 rings (SSSR count). The van der Waals surface area contributed by atoms with Crippen LogP contribution >= 0.6 is 0 Å². The minimum atomic E-state index is -0.313. The third-order valence-electron chi connectivity index (χ3n) is 2.74. The van der Waals surface area contributed by atoms with E-state index in [1.54, 1.807) is 0 Å². The number of alkyl carbamates (subject to hydrolysis) is 1. The largest absolute Gasteiger partial charge is 0.449 e. The van der Waals surface area contributed by atoms with E-state index in [-0.39, 0.29) is 12.1 Å². The van der Waals surface area contributed by atoms with Crippen LogP contribution in [0, 0.1) is 13.8 Å². The highest BCUT2D eigenvalue weighted by molar-refractivity contribution is 5.68. The fourth-order valence-corrected chi connectivity index (χ4v) is 1.89. The maximum absolute atomic E-state index is 11.1. The third-order valence-corrected chi connectivity index (χ3v) is 2.74. The van der Waals surface area contributed by atoms with Crippen molar-refractivity contribution in [3.63, 3.8) is 0 Å². The lowest BCUT2D eigenvalue weighted by molar-refractivity contribution is 0.115. The fraction of sp³-hybridized carbons (Fsp3) is 0.417. The first-order chi connectivity index (χ1) is 7.16. The summed E-state index contributed by atoms with van der Waals surface area (Å²) < 4.78 is 4.85. The van der Waals surface area contributed by atoms with Gasteiger partial charge in [0.25, 0.3) is 0 Å². The predicted octanol–water partition coefficient (Wildman–Crippen LogP) is 2.47. The van der Waals surface area contributed by atoms with Gasteiger partial charge >= 0.3 is 6.09 Å². The Morgan fingerprint density at radius 1 is 1.40 bits per heavy atom. The Morgan fingerprint density at radius 3 is 2.93 bits per heavy atom. The van der Waals surface area contributed by atoms with Crippen molar-refractivity contribution >= 4 is 6.09 Å². The molecule has 1 aliphatic heterocycles. The van der Waals surface area contributed by atoms with Crippen LogP contribution in [0.5, 0.6) is 0 Å². The second kappa shape index (κ2) is 3.93. The van der Waals surface area contributed by atoms with E-state index in [0.717, 1.165) is 6.42 Å². The van der Waals surface area contributed by atoms with Crippen LogP contribution < -0.4 is 5.32 Å².